The van der Waals surface area contributed by atoms with Gasteiger partial charge in [-0.15, -0.1) is 0 Å². The second kappa shape index (κ2) is 5.96. The van der Waals surface area contributed by atoms with Crippen LogP contribution in [0.4, 0.5) is 0 Å². The van der Waals surface area contributed by atoms with Crippen molar-refractivity contribution in [3.05, 3.63) is 28.5 Å². The van der Waals surface area contributed by atoms with Crippen LogP contribution in [-0.2, 0) is 11.3 Å². The third kappa shape index (κ3) is 3.90. The Morgan fingerprint density at radius 1 is 1.56 bits per heavy atom. The van der Waals surface area contributed by atoms with Gasteiger partial charge in [-0.3, -0.25) is 15.1 Å². The normalized spacial score (nSPS) is 12.8. The molecule has 1 unspecified atom stereocenters. The molecule has 1 aromatic rings. The van der Waals surface area contributed by atoms with Crippen LogP contribution < -0.4 is 5.32 Å². The third-order valence-corrected chi connectivity index (χ3v) is 2.69. The number of carbonyl (C=O) groups is 1. The molecule has 2 N–H and O–H groups in total. The van der Waals surface area contributed by atoms with Gasteiger partial charge in [-0.1, -0.05) is 13.8 Å². The lowest BCUT2D eigenvalue weighted by molar-refractivity contribution is -0.140. The van der Waals surface area contributed by atoms with Gasteiger partial charge >= 0.3 is 5.97 Å². The Hall–Kier alpha value is -0.940. The summed E-state index contributed by atoms with van der Waals surface area (Å²) in [5.41, 5.74) is 0.829. The molecule has 88 valence electrons. The maximum absolute atomic E-state index is 10.9. The topological polar surface area (TPSA) is 62.2 Å². The molecule has 0 radical (unpaired) electrons. The second-order valence-corrected chi connectivity index (χ2v) is 4.82. The van der Waals surface area contributed by atoms with E-state index in [-0.39, 0.29) is 5.92 Å². The van der Waals surface area contributed by atoms with Crippen LogP contribution in [0, 0.1) is 5.92 Å². The predicted octanol–water partition coefficient (Wildman–Crippen LogP) is 2.04. The van der Waals surface area contributed by atoms with Gasteiger partial charge < -0.3 is 5.11 Å². The maximum Gasteiger partial charge on any atom is 0.320 e. The summed E-state index contributed by atoms with van der Waals surface area (Å²) in [5, 5.41) is 12.0. The fraction of sp³-hybridized carbons (Fsp3) is 0.455. The highest BCUT2D eigenvalue weighted by molar-refractivity contribution is 9.10. The van der Waals surface area contributed by atoms with E-state index in [9.17, 15) is 4.79 Å². The van der Waals surface area contributed by atoms with E-state index in [1.54, 1.807) is 6.20 Å². The van der Waals surface area contributed by atoms with Crippen LogP contribution in [0.5, 0.6) is 0 Å². The van der Waals surface area contributed by atoms with Crippen LogP contribution in [0.3, 0.4) is 0 Å². The van der Waals surface area contributed by atoms with Gasteiger partial charge in [-0.2, -0.15) is 0 Å². The number of hydrogen-bond donors (Lipinski definition) is 2. The highest BCUT2D eigenvalue weighted by atomic mass is 79.9. The molecule has 0 bridgehead atoms. The molecular weight excluding hydrogens is 272 g/mol. The van der Waals surface area contributed by atoms with Crippen LogP contribution in [-0.4, -0.2) is 22.1 Å². The van der Waals surface area contributed by atoms with Gasteiger partial charge in [0.05, 0.1) is 5.69 Å². The average Bonchev–Trinajstić information content (AvgIpc) is 2.20. The smallest absolute Gasteiger partial charge is 0.320 e. The lowest BCUT2D eigenvalue weighted by atomic mass is 10.0. The molecular formula is C11H15BrN2O2. The zero-order valence-electron chi connectivity index (χ0n) is 9.27. The van der Waals surface area contributed by atoms with Gasteiger partial charge in [0.15, 0.2) is 0 Å². The standard InChI is InChI=1S/C11H15BrN2O2/c1-7(2)10(11(15)16)14-6-9-4-3-8(12)5-13-9/h3-5,7,10,14H,6H2,1-2H3,(H,15,16). The van der Waals surface area contributed by atoms with Crippen LogP contribution in [0.2, 0.25) is 0 Å². The van der Waals surface area contributed by atoms with Crippen molar-refractivity contribution < 1.29 is 9.90 Å². The predicted molar refractivity (Wildman–Crippen MR) is 65.0 cm³/mol. The van der Waals surface area contributed by atoms with Crippen LogP contribution >= 0.6 is 15.9 Å². The van der Waals surface area contributed by atoms with E-state index in [2.05, 4.69) is 26.2 Å². The number of carboxylic acids is 1. The molecule has 1 atom stereocenters. The molecule has 0 aromatic carbocycles. The molecule has 1 rings (SSSR count). The van der Waals surface area contributed by atoms with Gasteiger partial charge in [0.1, 0.15) is 6.04 Å². The van der Waals surface area contributed by atoms with Crippen molar-refractivity contribution in [2.45, 2.75) is 26.4 Å². The Morgan fingerprint density at radius 2 is 2.25 bits per heavy atom. The number of nitrogens with one attached hydrogen (secondary N) is 1. The van der Waals surface area contributed by atoms with Crippen molar-refractivity contribution in [2.24, 2.45) is 5.92 Å². The van der Waals surface area contributed by atoms with Crippen molar-refractivity contribution >= 4 is 21.9 Å². The van der Waals surface area contributed by atoms with Gasteiger partial charge in [0, 0.05) is 17.2 Å². The summed E-state index contributed by atoms with van der Waals surface area (Å²) in [5.74, 6) is -0.778. The zero-order valence-corrected chi connectivity index (χ0v) is 10.9. The molecule has 1 heterocycles. The van der Waals surface area contributed by atoms with Crippen molar-refractivity contribution in [3.63, 3.8) is 0 Å². The highest BCUT2D eigenvalue weighted by Gasteiger charge is 2.20. The number of hydrogen-bond acceptors (Lipinski definition) is 3. The Kier molecular flexibility index (Phi) is 4.89. The minimum Gasteiger partial charge on any atom is -0.480 e. The van der Waals surface area contributed by atoms with E-state index in [4.69, 9.17) is 5.11 Å². The summed E-state index contributed by atoms with van der Waals surface area (Å²) >= 11 is 3.29. The number of aromatic nitrogens is 1. The molecule has 0 fully saturated rings. The Bertz CT molecular complexity index is 352. The van der Waals surface area contributed by atoms with Crippen LogP contribution in [0.25, 0.3) is 0 Å². The summed E-state index contributed by atoms with van der Waals surface area (Å²) < 4.78 is 0.912. The fourth-order valence-corrected chi connectivity index (χ4v) is 1.57. The third-order valence-electron chi connectivity index (χ3n) is 2.22. The monoisotopic (exact) mass is 286 g/mol. The van der Waals surface area contributed by atoms with Gasteiger partial charge in [0.2, 0.25) is 0 Å². The Morgan fingerprint density at radius 3 is 2.69 bits per heavy atom. The summed E-state index contributed by atoms with van der Waals surface area (Å²) in [6.45, 7) is 4.21. The van der Waals surface area contributed by atoms with Crippen molar-refractivity contribution in [2.75, 3.05) is 0 Å². The molecule has 4 nitrogen and oxygen atoms in total. The van der Waals surface area contributed by atoms with Gasteiger partial charge in [-0.25, -0.2) is 0 Å². The first kappa shape index (κ1) is 13.1. The minimum absolute atomic E-state index is 0.0490. The number of halogens is 1. The molecule has 0 aliphatic rings. The first-order valence-corrected chi connectivity index (χ1v) is 5.86. The van der Waals surface area contributed by atoms with Crippen molar-refractivity contribution in [1.82, 2.24) is 10.3 Å². The van der Waals surface area contributed by atoms with Crippen molar-refractivity contribution in [3.8, 4) is 0 Å². The Balaban J connectivity index is 2.55. The molecule has 0 saturated heterocycles. The zero-order chi connectivity index (χ0) is 12.1. The summed E-state index contributed by atoms with van der Waals surface area (Å²) in [6, 6.07) is 3.20. The first-order chi connectivity index (χ1) is 7.50. The molecule has 0 amide bonds. The average molecular weight is 287 g/mol. The number of rotatable bonds is 5. The van der Waals surface area contributed by atoms with Crippen LogP contribution in [0.1, 0.15) is 19.5 Å². The number of carboxylic acid groups (broad SMARTS) is 1. The molecule has 0 aliphatic heterocycles. The van der Waals surface area contributed by atoms with E-state index in [1.807, 2.05) is 26.0 Å². The second-order valence-electron chi connectivity index (χ2n) is 3.91. The summed E-state index contributed by atoms with van der Waals surface area (Å²) in [6.07, 6.45) is 1.70. The van der Waals surface area contributed by atoms with Crippen LogP contribution in [0.15, 0.2) is 22.8 Å². The number of aliphatic carboxylic acids is 1. The quantitative estimate of drug-likeness (QED) is 0.870. The summed E-state index contributed by atoms with van der Waals surface area (Å²) in [7, 11) is 0. The molecule has 16 heavy (non-hydrogen) atoms. The number of nitrogens with zero attached hydrogens (tertiary/aromatic N) is 1. The Labute approximate surface area is 103 Å². The first-order valence-electron chi connectivity index (χ1n) is 5.07. The lowest BCUT2D eigenvalue weighted by Crippen LogP contribution is -2.40. The number of pyridine rings is 1. The summed E-state index contributed by atoms with van der Waals surface area (Å²) in [4.78, 5) is 15.1. The van der Waals surface area contributed by atoms with E-state index in [0.29, 0.717) is 6.54 Å². The van der Waals surface area contributed by atoms with Gasteiger partial charge in [0.25, 0.3) is 0 Å². The SMILES string of the molecule is CC(C)C(NCc1ccc(Br)cn1)C(=O)O. The van der Waals surface area contributed by atoms with E-state index < -0.39 is 12.0 Å². The van der Waals surface area contributed by atoms with E-state index >= 15 is 0 Å². The minimum atomic E-state index is -0.827. The van der Waals surface area contributed by atoms with E-state index in [1.165, 1.54) is 0 Å². The fourth-order valence-electron chi connectivity index (χ4n) is 1.33. The van der Waals surface area contributed by atoms with Crippen molar-refractivity contribution in [1.29, 1.82) is 0 Å². The van der Waals surface area contributed by atoms with E-state index in [0.717, 1.165) is 10.2 Å². The lowest BCUT2D eigenvalue weighted by Gasteiger charge is -2.17. The van der Waals surface area contributed by atoms with Gasteiger partial charge in [-0.05, 0) is 34.0 Å². The highest BCUT2D eigenvalue weighted by Crippen LogP contribution is 2.08. The maximum atomic E-state index is 10.9. The largest absolute Gasteiger partial charge is 0.480 e. The molecule has 0 saturated carbocycles. The molecule has 5 heteroatoms. The molecule has 1 aromatic heterocycles. The molecule has 0 spiro atoms. The molecule has 0 aliphatic carbocycles.